The van der Waals surface area contributed by atoms with Gasteiger partial charge < -0.3 is 4.90 Å². The number of thiocarbonyl (C=S) groups is 1. The highest BCUT2D eigenvalue weighted by molar-refractivity contribution is 7.80. The molecule has 1 aromatic rings. The maximum absolute atomic E-state index is 12.4. The Kier molecular flexibility index (Phi) is 5.18. The molecule has 2 amide bonds. The fourth-order valence-corrected chi connectivity index (χ4v) is 2.54. The summed E-state index contributed by atoms with van der Waals surface area (Å²) in [6, 6.07) is 5.39. The summed E-state index contributed by atoms with van der Waals surface area (Å²) in [5, 5.41) is 3.02. The van der Waals surface area contributed by atoms with E-state index in [1.165, 1.54) is 17.1 Å². The molecule has 0 bridgehead atoms. The fourth-order valence-electron chi connectivity index (χ4n) is 2.06. The number of carbonyl (C=O) groups is 2. The summed E-state index contributed by atoms with van der Waals surface area (Å²) < 4.78 is 0. The van der Waals surface area contributed by atoms with Crippen LogP contribution in [0.1, 0.15) is 5.56 Å². The van der Waals surface area contributed by atoms with Crippen LogP contribution in [0.2, 0.25) is 5.02 Å². The van der Waals surface area contributed by atoms with Crippen molar-refractivity contribution in [2.75, 3.05) is 25.5 Å². The summed E-state index contributed by atoms with van der Waals surface area (Å²) >= 11 is 11.2. The number of anilines is 1. The van der Waals surface area contributed by atoms with Gasteiger partial charge in [0.05, 0.1) is 0 Å². The van der Waals surface area contributed by atoms with E-state index in [1.54, 1.807) is 12.1 Å². The van der Waals surface area contributed by atoms with E-state index in [0.717, 1.165) is 5.69 Å². The molecule has 1 heterocycles. The van der Waals surface area contributed by atoms with E-state index in [1.807, 2.05) is 25.1 Å². The first kappa shape index (κ1) is 17.2. The standard InChI is InChI=1S/C16H16ClN3O2S/c1-4-7-20-15(22)12(14(21)18-16(20)23)8-10-5-6-11(19(2)3)9-13(10)17/h4-6,8-9H,1,7H2,2-3H3,(H,18,21,23)/b12-8+. The van der Waals surface area contributed by atoms with Crippen molar-refractivity contribution in [2.24, 2.45) is 0 Å². The van der Waals surface area contributed by atoms with E-state index >= 15 is 0 Å². The molecule has 2 rings (SSSR count). The van der Waals surface area contributed by atoms with Crippen LogP contribution in [-0.4, -0.2) is 42.5 Å². The number of hydrogen-bond acceptors (Lipinski definition) is 4. The molecular weight excluding hydrogens is 334 g/mol. The van der Waals surface area contributed by atoms with Gasteiger partial charge in [0, 0.05) is 31.4 Å². The van der Waals surface area contributed by atoms with Crippen molar-refractivity contribution >= 4 is 52.5 Å². The molecule has 5 nitrogen and oxygen atoms in total. The Bertz CT molecular complexity index is 728. The zero-order valence-electron chi connectivity index (χ0n) is 12.8. The Labute approximate surface area is 145 Å². The number of nitrogens with zero attached hydrogens (tertiary/aromatic N) is 2. The minimum atomic E-state index is -0.534. The predicted molar refractivity (Wildman–Crippen MR) is 96.4 cm³/mol. The first-order valence-electron chi connectivity index (χ1n) is 6.81. The van der Waals surface area contributed by atoms with E-state index in [2.05, 4.69) is 11.9 Å². The third-order valence-electron chi connectivity index (χ3n) is 3.30. The first-order chi connectivity index (χ1) is 10.8. The predicted octanol–water partition coefficient (Wildman–Crippen LogP) is 2.22. The van der Waals surface area contributed by atoms with Gasteiger partial charge >= 0.3 is 0 Å². The second-order valence-electron chi connectivity index (χ2n) is 5.12. The zero-order valence-corrected chi connectivity index (χ0v) is 14.4. The number of halogens is 1. The summed E-state index contributed by atoms with van der Waals surface area (Å²) in [7, 11) is 3.80. The molecule has 120 valence electrons. The molecule has 7 heteroatoms. The van der Waals surface area contributed by atoms with Crippen molar-refractivity contribution in [3.8, 4) is 0 Å². The molecule has 0 aliphatic carbocycles. The second kappa shape index (κ2) is 6.93. The van der Waals surface area contributed by atoms with Crippen LogP contribution >= 0.6 is 23.8 Å². The van der Waals surface area contributed by atoms with Crippen molar-refractivity contribution in [1.29, 1.82) is 0 Å². The number of rotatable bonds is 4. The summed E-state index contributed by atoms with van der Waals surface area (Å²) in [5.74, 6) is -1.00. The van der Waals surface area contributed by atoms with E-state index in [-0.39, 0.29) is 17.2 Å². The number of carbonyl (C=O) groups excluding carboxylic acids is 2. The quantitative estimate of drug-likeness (QED) is 0.392. The number of amides is 2. The Morgan fingerprint density at radius 3 is 2.65 bits per heavy atom. The molecule has 0 saturated carbocycles. The van der Waals surface area contributed by atoms with Crippen LogP contribution in [0.3, 0.4) is 0 Å². The van der Waals surface area contributed by atoms with Gasteiger partial charge in [-0.15, -0.1) is 6.58 Å². The molecule has 23 heavy (non-hydrogen) atoms. The van der Waals surface area contributed by atoms with Crippen molar-refractivity contribution in [3.05, 3.63) is 47.0 Å². The van der Waals surface area contributed by atoms with Gasteiger partial charge in [-0.25, -0.2) is 0 Å². The van der Waals surface area contributed by atoms with Crippen LogP contribution in [0.5, 0.6) is 0 Å². The Hall–Kier alpha value is -2.18. The largest absolute Gasteiger partial charge is 0.378 e. The lowest BCUT2D eigenvalue weighted by Gasteiger charge is -2.27. The number of hydrogen-bond donors (Lipinski definition) is 1. The van der Waals surface area contributed by atoms with Crippen LogP contribution in [0.15, 0.2) is 36.4 Å². The van der Waals surface area contributed by atoms with Crippen molar-refractivity contribution in [3.63, 3.8) is 0 Å². The lowest BCUT2D eigenvalue weighted by molar-refractivity contribution is -0.128. The van der Waals surface area contributed by atoms with Gasteiger partial charge in [0.15, 0.2) is 5.11 Å². The molecular formula is C16H16ClN3O2S. The van der Waals surface area contributed by atoms with Crippen molar-refractivity contribution < 1.29 is 9.59 Å². The molecule has 0 unspecified atom stereocenters. The Morgan fingerprint density at radius 2 is 2.09 bits per heavy atom. The van der Waals surface area contributed by atoms with Gasteiger partial charge in [0.2, 0.25) is 0 Å². The number of nitrogens with one attached hydrogen (secondary N) is 1. The maximum Gasteiger partial charge on any atom is 0.265 e. The molecule has 1 aliphatic rings. The van der Waals surface area contributed by atoms with Crippen LogP contribution in [-0.2, 0) is 9.59 Å². The third-order valence-corrected chi connectivity index (χ3v) is 3.95. The van der Waals surface area contributed by atoms with Crippen molar-refractivity contribution in [1.82, 2.24) is 10.2 Å². The second-order valence-corrected chi connectivity index (χ2v) is 5.92. The fraction of sp³-hybridized carbons (Fsp3) is 0.188. The minimum absolute atomic E-state index is 0.0139. The van der Waals surface area contributed by atoms with E-state index in [9.17, 15) is 9.59 Å². The van der Waals surface area contributed by atoms with Gasteiger partial charge in [-0.3, -0.25) is 19.8 Å². The lowest BCUT2D eigenvalue weighted by Crippen LogP contribution is -2.53. The highest BCUT2D eigenvalue weighted by Crippen LogP contribution is 2.25. The minimum Gasteiger partial charge on any atom is -0.378 e. The molecule has 1 N–H and O–H groups in total. The average Bonchev–Trinajstić information content (AvgIpc) is 2.49. The number of benzene rings is 1. The summed E-state index contributed by atoms with van der Waals surface area (Å²) in [6.07, 6.45) is 3.01. The van der Waals surface area contributed by atoms with Crippen molar-refractivity contribution in [2.45, 2.75) is 0 Å². The summed E-state index contributed by atoms with van der Waals surface area (Å²) in [5.41, 5.74) is 1.49. The topological polar surface area (TPSA) is 52.7 Å². The van der Waals surface area contributed by atoms with Crippen LogP contribution in [0.4, 0.5) is 5.69 Å². The maximum atomic E-state index is 12.4. The summed E-state index contributed by atoms with van der Waals surface area (Å²) in [6.45, 7) is 3.81. The van der Waals surface area contributed by atoms with Gasteiger partial charge in [-0.2, -0.15) is 0 Å². The molecule has 0 aromatic heterocycles. The SMILES string of the molecule is C=CCN1C(=O)/C(=C/c2ccc(N(C)C)cc2Cl)C(=O)NC1=S. The zero-order chi connectivity index (χ0) is 17.1. The lowest BCUT2D eigenvalue weighted by atomic mass is 10.1. The molecule has 1 aromatic carbocycles. The van der Waals surface area contributed by atoms with Crippen LogP contribution in [0, 0.1) is 0 Å². The molecule has 0 atom stereocenters. The van der Waals surface area contributed by atoms with E-state index < -0.39 is 11.8 Å². The summed E-state index contributed by atoms with van der Waals surface area (Å²) in [4.78, 5) is 27.7. The molecule has 1 fully saturated rings. The molecule has 1 saturated heterocycles. The van der Waals surface area contributed by atoms with E-state index in [0.29, 0.717) is 10.6 Å². The van der Waals surface area contributed by atoms with E-state index in [4.69, 9.17) is 23.8 Å². The Morgan fingerprint density at radius 1 is 1.39 bits per heavy atom. The molecule has 0 spiro atoms. The molecule has 1 aliphatic heterocycles. The van der Waals surface area contributed by atoms with Crippen LogP contribution in [0.25, 0.3) is 6.08 Å². The van der Waals surface area contributed by atoms with Gasteiger partial charge in [0.25, 0.3) is 11.8 Å². The monoisotopic (exact) mass is 349 g/mol. The normalized spacial score (nSPS) is 16.6. The highest BCUT2D eigenvalue weighted by atomic mass is 35.5. The van der Waals surface area contributed by atoms with Gasteiger partial charge in [-0.05, 0) is 36.0 Å². The highest BCUT2D eigenvalue weighted by Gasteiger charge is 2.32. The van der Waals surface area contributed by atoms with Gasteiger partial charge in [0.1, 0.15) is 5.57 Å². The van der Waals surface area contributed by atoms with Gasteiger partial charge in [-0.1, -0.05) is 23.7 Å². The van der Waals surface area contributed by atoms with Crippen LogP contribution < -0.4 is 10.2 Å². The Balaban J connectivity index is 2.41. The smallest absolute Gasteiger partial charge is 0.265 e. The molecule has 0 radical (unpaired) electrons. The average molecular weight is 350 g/mol. The third kappa shape index (κ3) is 3.60. The first-order valence-corrected chi connectivity index (χ1v) is 7.60.